The topological polar surface area (TPSA) is 23.5 Å². The summed E-state index contributed by atoms with van der Waals surface area (Å²) < 4.78 is 0. The van der Waals surface area contributed by atoms with Crippen LogP contribution in [0.2, 0.25) is 0 Å². The fraction of sp³-hybridized carbons (Fsp3) is 1.00. The smallest absolute Gasteiger partial charge is 0.0433 e. The summed E-state index contributed by atoms with van der Waals surface area (Å²) in [6.07, 6.45) is 7.67. The molecule has 0 aliphatic carbocycles. The van der Waals surface area contributed by atoms with Crippen molar-refractivity contribution in [3.63, 3.8) is 0 Å². The van der Waals surface area contributed by atoms with Crippen LogP contribution in [0.4, 0.5) is 0 Å². The minimum atomic E-state index is 0.375. The highest BCUT2D eigenvalue weighted by molar-refractivity contribution is 4.71. The maximum Gasteiger partial charge on any atom is 0.0433 e. The van der Waals surface area contributed by atoms with Gasteiger partial charge in [-0.3, -0.25) is 0 Å². The van der Waals surface area contributed by atoms with Crippen molar-refractivity contribution in [3.05, 3.63) is 0 Å². The number of aliphatic hydroxyl groups excluding tert-OH is 1. The van der Waals surface area contributed by atoms with Crippen molar-refractivity contribution in [2.45, 2.75) is 45.4 Å². The molecule has 2 nitrogen and oxygen atoms in total. The fourth-order valence-electron chi connectivity index (χ4n) is 2.27. The molecule has 0 spiro atoms. The first-order chi connectivity index (χ1) is 6.86. The number of aliphatic hydroxyl groups is 1. The lowest BCUT2D eigenvalue weighted by Gasteiger charge is -2.31. The molecule has 84 valence electrons. The number of hydrogen-bond acceptors (Lipinski definition) is 2. The third-order valence-corrected chi connectivity index (χ3v) is 3.32. The van der Waals surface area contributed by atoms with Crippen molar-refractivity contribution in [2.75, 3.05) is 26.2 Å². The maximum atomic E-state index is 8.84. The first-order valence-corrected chi connectivity index (χ1v) is 6.20. The van der Waals surface area contributed by atoms with Crippen LogP contribution >= 0.6 is 0 Å². The third-order valence-electron chi connectivity index (χ3n) is 3.32. The predicted octanol–water partition coefficient (Wildman–Crippen LogP) is 2.27. The lowest BCUT2D eigenvalue weighted by molar-refractivity contribution is 0.157. The molecule has 0 amide bonds. The predicted molar refractivity (Wildman–Crippen MR) is 60.4 cm³/mol. The van der Waals surface area contributed by atoms with E-state index < -0.39 is 0 Å². The zero-order chi connectivity index (χ0) is 10.2. The summed E-state index contributed by atoms with van der Waals surface area (Å²) in [5.74, 6) is 0.794. The molecule has 0 aromatic heterocycles. The maximum absolute atomic E-state index is 8.84. The van der Waals surface area contributed by atoms with E-state index in [4.69, 9.17) is 5.11 Å². The number of rotatable bonds is 6. The second kappa shape index (κ2) is 7.24. The van der Waals surface area contributed by atoms with Gasteiger partial charge in [-0.1, -0.05) is 19.8 Å². The molecule has 2 heteroatoms. The highest BCUT2D eigenvalue weighted by Gasteiger charge is 2.17. The van der Waals surface area contributed by atoms with Crippen LogP contribution in [0.3, 0.4) is 0 Å². The highest BCUT2D eigenvalue weighted by Crippen LogP contribution is 2.20. The Balaban J connectivity index is 2.03. The summed E-state index contributed by atoms with van der Waals surface area (Å²) in [5, 5.41) is 8.84. The third kappa shape index (κ3) is 4.43. The van der Waals surface area contributed by atoms with Gasteiger partial charge in [0.15, 0.2) is 0 Å². The van der Waals surface area contributed by atoms with E-state index in [9.17, 15) is 0 Å². The van der Waals surface area contributed by atoms with E-state index >= 15 is 0 Å². The van der Waals surface area contributed by atoms with E-state index in [1.807, 2.05) is 0 Å². The Kier molecular flexibility index (Phi) is 6.20. The molecule has 0 unspecified atom stereocenters. The first-order valence-electron chi connectivity index (χ1n) is 6.20. The van der Waals surface area contributed by atoms with Crippen molar-refractivity contribution >= 4 is 0 Å². The molecule has 0 aromatic rings. The Morgan fingerprint density at radius 2 is 1.93 bits per heavy atom. The molecule has 1 saturated heterocycles. The van der Waals surface area contributed by atoms with Gasteiger partial charge in [0, 0.05) is 6.61 Å². The molecule has 14 heavy (non-hydrogen) atoms. The minimum Gasteiger partial charge on any atom is -0.396 e. The standard InChI is InChI=1S/C12H25NO/c1-2-3-4-8-13-9-5-12(6-10-13)7-11-14/h12,14H,2-11H2,1H3. The second-order valence-electron chi connectivity index (χ2n) is 4.50. The minimum absolute atomic E-state index is 0.375. The summed E-state index contributed by atoms with van der Waals surface area (Å²) in [6, 6.07) is 0. The second-order valence-corrected chi connectivity index (χ2v) is 4.50. The van der Waals surface area contributed by atoms with Crippen molar-refractivity contribution in [3.8, 4) is 0 Å². The molecule has 1 heterocycles. The SMILES string of the molecule is CCCCCN1CCC(CCO)CC1. The molecule has 1 aliphatic rings. The number of nitrogens with zero attached hydrogens (tertiary/aromatic N) is 1. The van der Waals surface area contributed by atoms with Crippen LogP contribution in [-0.4, -0.2) is 36.2 Å². The average molecular weight is 199 g/mol. The Bertz CT molecular complexity index is 130. The lowest BCUT2D eigenvalue weighted by atomic mass is 9.94. The van der Waals surface area contributed by atoms with Crippen LogP contribution in [0.5, 0.6) is 0 Å². The summed E-state index contributed by atoms with van der Waals surface area (Å²) in [7, 11) is 0. The van der Waals surface area contributed by atoms with Gasteiger partial charge >= 0.3 is 0 Å². The van der Waals surface area contributed by atoms with Gasteiger partial charge < -0.3 is 10.0 Å². The van der Waals surface area contributed by atoms with Gasteiger partial charge in [0.25, 0.3) is 0 Å². The molecule has 1 rings (SSSR count). The molecule has 0 aromatic carbocycles. The van der Waals surface area contributed by atoms with Crippen LogP contribution in [0.1, 0.15) is 45.4 Å². The number of hydrogen-bond donors (Lipinski definition) is 1. The van der Waals surface area contributed by atoms with Gasteiger partial charge in [-0.05, 0) is 51.2 Å². The first kappa shape index (κ1) is 12.0. The number of unbranched alkanes of at least 4 members (excludes halogenated alkanes) is 2. The summed E-state index contributed by atoms with van der Waals surface area (Å²) in [6.45, 7) is 6.44. The molecule has 0 saturated carbocycles. The van der Waals surface area contributed by atoms with E-state index in [2.05, 4.69) is 11.8 Å². The van der Waals surface area contributed by atoms with Crippen LogP contribution in [0.15, 0.2) is 0 Å². The molecule has 0 bridgehead atoms. The Morgan fingerprint density at radius 3 is 2.50 bits per heavy atom. The molecule has 1 fully saturated rings. The van der Waals surface area contributed by atoms with E-state index in [-0.39, 0.29) is 0 Å². The number of piperidine rings is 1. The Hall–Kier alpha value is -0.0800. The van der Waals surface area contributed by atoms with Gasteiger partial charge in [0.05, 0.1) is 0 Å². The summed E-state index contributed by atoms with van der Waals surface area (Å²) in [4.78, 5) is 2.59. The van der Waals surface area contributed by atoms with Crippen LogP contribution in [0, 0.1) is 5.92 Å². The van der Waals surface area contributed by atoms with Gasteiger partial charge in [-0.15, -0.1) is 0 Å². The Morgan fingerprint density at radius 1 is 1.21 bits per heavy atom. The van der Waals surface area contributed by atoms with Gasteiger partial charge in [0.1, 0.15) is 0 Å². The lowest BCUT2D eigenvalue weighted by Crippen LogP contribution is -2.34. The largest absolute Gasteiger partial charge is 0.396 e. The molecule has 0 radical (unpaired) electrons. The summed E-state index contributed by atoms with van der Waals surface area (Å²) in [5.41, 5.74) is 0. The van der Waals surface area contributed by atoms with Crippen molar-refractivity contribution in [1.29, 1.82) is 0 Å². The van der Waals surface area contributed by atoms with E-state index in [1.54, 1.807) is 0 Å². The molecule has 0 atom stereocenters. The summed E-state index contributed by atoms with van der Waals surface area (Å²) >= 11 is 0. The van der Waals surface area contributed by atoms with Gasteiger partial charge in [0.2, 0.25) is 0 Å². The number of likely N-dealkylation sites (tertiary alicyclic amines) is 1. The zero-order valence-electron chi connectivity index (χ0n) is 9.54. The fourth-order valence-corrected chi connectivity index (χ4v) is 2.27. The average Bonchev–Trinajstić information content (AvgIpc) is 2.21. The van der Waals surface area contributed by atoms with Crippen molar-refractivity contribution < 1.29 is 5.11 Å². The van der Waals surface area contributed by atoms with Crippen LogP contribution in [-0.2, 0) is 0 Å². The molecular weight excluding hydrogens is 174 g/mol. The van der Waals surface area contributed by atoms with Crippen molar-refractivity contribution in [1.82, 2.24) is 4.90 Å². The van der Waals surface area contributed by atoms with Crippen LogP contribution in [0.25, 0.3) is 0 Å². The van der Waals surface area contributed by atoms with E-state index in [1.165, 1.54) is 51.7 Å². The van der Waals surface area contributed by atoms with E-state index in [0.29, 0.717) is 6.61 Å². The Labute approximate surface area is 88.3 Å². The van der Waals surface area contributed by atoms with Gasteiger partial charge in [-0.25, -0.2) is 0 Å². The monoisotopic (exact) mass is 199 g/mol. The highest BCUT2D eigenvalue weighted by atomic mass is 16.3. The van der Waals surface area contributed by atoms with Crippen molar-refractivity contribution in [2.24, 2.45) is 5.92 Å². The zero-order valence-corrected chi connectivity index (χ0v) is 9.54. The molecule has 1 aliphatic heterocycles. The van der Waals surface area contributed by atoms with Gasteiger partial charge in [-0.2, -0.15) is 0 Å². The molecular formula is C12H25NO. The molecule has 1 N–H and O–H groups in total. The normalized spacial score (nSPS) is 20.1. The quantitative estimate of drug-likeness (QED) is 0.663. The van der Waals surface area contributed by atoms with E-state index in [0.717, 1.165) is 12.3 Å². The van der Waals surface area contributed by atoms with Crippen LogP contribution < -0.4 is 0 Å².